The third-order valence-electron chi connectivity index (χ3n) is 3.13. The van der Waals surface area contributed by atoms with Crippen LogP contribution in [-0.2, 0) is 0 Å². The lowest BCUT2D eigenvalue weighted by molar-refractivity contribution is 0.0977. The number of ether oxygens (including phenoxy) is 1. The predicted octanol–water partition coefficient (Wildman–Crippen LogP) is 4.24. The molecule has 0 spiro atoms. The molecule has 0 atom stereocenters. The van der Waals surface area contributed by atoms with Gasteiger partial charge in [0.25, 0.3) is 5.91 Å². The SMILES string of the molecule is CCCOc1ccc(C(=O)NC(=S)Nc2cccc(C#N)c2)cc1Br. The van der Waals surface area contributed by atoms with Gasteiger partial charge in [-0.1, -0.05) is 13.0 Å². The van der Waals surface area contributed by atoms with Gasteiger partial charge in [-0.3, -0.25) is 10.1 Å². The molecule has 0 saturated heterocycles. The number of halogens is 1. The summed E-state index contributed by atoms with van der Waals surface area (Å²) in [4.78, 5) is 12.3. The summed E-state index contributed by atoms with van der Waals surface area (Å²) in [6.45, 7) is 2.63. The molecular weight excluding hydrogens is 402 g/mol. The van der Waals surface area contributed by atoms with Crippen LogP contribution in [0, 0.1) is 11.3 Å². The summed E-state index contributed by atoms with van der Waals surface area (Å²) in [5.74, 6) is 0.351. The molecule has 0 heterocycles. The van der Waals surface area contributed by atoms with Crippen molar-refractivity contribution >= 4 is 44.9 Å². The molecule has 0 unspecified atom stereocenters. The van der Waals surface area contributed by atoms with Crippen molar-refractivity contribution in [2.75, 3.05) is 11.9 Å². The zero-order valence-electron chi connectivity index (χ0n) is 13.5. The number of carbonyl (C=O) groups is 1. The van der Waals surface area contributed by atoms with Crippen LogP contribution in [0.15, 0.2) is 46.9 Å². The smallest absolute Gasteiger partial charge is 0.257 e. The molecule has 2 aromatic carbocycles. The highest BCUT2D eigenvalue weighted by molar-refractivity contribution is 9.10. The van der Waals surface area contributed by atoms with Gasteiger partial charge >= 0.3 is 0 Å². The van der Waals surface area contributed by atoms with Gasteiger partial charge in [-0.15, -0.1) is 0 Å². The Balaban J connectivity index is 2.00. The van der Waals surface area contributed by atoms with Crippen molar-refractivity contribution in [3.8, 4) is 11.8 Å². The fourth-order valence-electron chi connectivity index (χ4n) is 1.98. The van der Waals surface area contributed by atoms with Gasteiger partial charge in [-0.2, -0.15) is 5.26 Å². The minimum atomic E-state index is -0.336. The summed E-state index contributed by atoms with van der Waals surface area (Å²) in [6.07, 6.45) is 0.904. The molecule has 2 rings (SSSR count). The first-order valence-corrected chi connectivity index (χ1v) is 8.78. The Kier molecular flexibility index (Phi) is 6.92. The number of nitrogens with zero attached hydrogens (tertiary/aromatic N) is 1. The van der Waals surface area contributed by atoms with E-state index in [0.29, 0.717) is 33.6 Å². The summed E-state index contributed by atoms with van der Waals surface area (Å²) < 4.78 is 6.26. The Morgan fingerprint density at radius 1 is 1.32 bits per heavy atom. The van der Waals surface area contributed by atoms with Crippen molar-refractivity contribution < 1.29 is 9.53 Å². The number of benzene rings is 2. The minimum absolute atomic E-state index is 0.155. The number of amides is 1. The number of nitriles is 1. The fourth-order valence-corrected chi connectivity index (χ4v) is 2.68. The van der Waals surface area contributed by atoms with Crippen LogP contribution in [-0.4, -0.2) is 17.6 Å². The molecule has 0 radical (unpaired) electrons. The third-order valence-corrected chi connectivity index (χ3v) is 3.96. The Hall–Kier alpha value is -2.43. The monoisotopic (exact) mass is 417 g/mol. The summed E-state index contributed by atoms with van der Waals surface area (Å²) >= 11 is 8.54. The highest BCUT2D eigenvalue weighted by Crippen LogP contribution is 2.26. The van der Waals surface area contributed by atoms with Crippen LogP contribution in [0.2, 0.25) is 0 Å². The lowest BCUT2D eigenvalue weighted by Crippen LogP contribution is -2.34. The molecule has 0 fully saturated rings. The Bertz CT molecular complexity index is 833. The van der Waals surface area contributed by atoms with Crippen molar-refractivity contribution in [3.05, 3.63) is 58.1 Å². The van der Waals surface area contributed by atoms with Gasteiger partial charge in [0.05, 0.1) is 22.7 Å². The maximum atomic E-state index is 12.3. The lowest BCUT2D eigenvalue weighted by Gasteiger charge is -2.11. The largest absolute Gasteiger partial charge is 0.492 e. The van der Waals surface area contributed by atoms with Crippen LogP contribution in [0.3, 0.4) is 0 Å². The van der Waals surface area contributed by atoms with Crippen molar-refractivity contribution in [3.63, 3.8) is 0 Å². The topological polar surface area (TPSA) is 74.2 Å². The van der Waals surface area contributed by atoms with E-state index >= 15 is 0 Å². The van der Waals surface area contributed by atoms with Crippen molar-refractivity contribution in [2.45, 2.75) is 13.3 Å². The molecule has 0 aliphatic rings. The number of nitrogens with one attached hydrogen (secondary N) is 2. The van der Waals surface area contributed by atoms with Crippen molar-refractivity contribution in [2.24, 2.45) is 0 Å². The quantitative estimate of drug-likeness (QED) is 0.711. The fraction of sp³-hybridized carbons (Fsp3) is 0.167. The standard InChI is InChI=1S/C18H16BrN3O2S/c1-2-8-24-16-7-6-13(10-15(16)19)17(23)22-18(25)21-14-5-3-4-12(9-14)11-20/h3-7,9-10H,2,8H2,1H3,(H2,21,22,23,25). The molecule has 1 amide bonds. The Morgan fingerprint density at radius 2 is 2.12 bits per heavy atom. The van der Waals surface area contributed by atoms with Crippen molar-refractivity contribution in [1.82, 2.24) is 5.32 Å². The molecule has 0 bridgehead atoms. The maximum absolute atomic E-state index is 12.3. The van der Waals surface area contributed by atoms with Gasteiger partial charge in [0.1, 0.15) is 5.75 Å². The second-order valence-corrected chi connectivity index (χ2v) is 6.36. The van der Waals surface area contributed by atoms with Crippen molar-refractivity contribution in [1.29, 1.82) is 5.26 Å². The number of hydrogen-bond donors (Lipinski definition) is 2. The van der Waals surface area contributed by atoms with Gasteiger partial charge in [0.15, 0.2) is 5.11 Å². The second kappa shape index (κ2) is 9.16. The van der Waals surface area contributed by atoms with E-state index < -0.39 is 0 Å². The predicted molar refractivity (Wildman–Crippen MR) is 105 cm³/mol. The van der Waals surface area contributed by atoms with Crippen LogP contribution in [0.25, 0.3) is 0 Å². The summed E-state index contributed by atoms with van der Waals surface area (Å²) in [7, 11) is 0. The maximum Gasteiger partial charge on any atom is 0.257 e. The average molecular weight is 418 g/mol. The molecule has 2 aromatic rings. The minimum Gasteiger partial charge on any atom is -0.492 e. The van der Waals surface area contributed by atoms with E-state index in [4.69, 9.17) is 22.2 Å². The Labute approximate surface area is 160 Å². The number of anilines is 1. The van der Waals surface area contributed by atoms with E-state index in [2.05, 4.69) is 26.6 Å². The molecule has 7 heteroatoms. The zero-order valence-corrected chi connectivity index (χ0v) is 15.9. The van der Waals surface area contributed by atoms with Gasteiger partial charge < -0.3 is 10.1 Å². The lowest BCUT2D eigenvalue weighted by atomic mass is 10.2. The van der Waals surface area contributed by atoms with E-state index in [-0.39, 0.29) is 11.0 Å². The molecule has 0 saturated carbocycles. The van der Waals surface area contributed by atoms with Gasteiger partial charge in [-0.05, 0) is 71.0 Å². The molecular formula is C18H16BrN3O2S. The van der Waals surface area contributed by atoms with E-state index in [1.807, 2.05) is 13.0 Å². The van der Waals surface area contributed by atoms with E-state index in [1.54, 1.807) is 42.5 Å². The number of carbonyl (C=O) groups excluding carboxylic acids is 1. The number of hydrogen-bond acceptors (Lipinski definition) is 4. The summed E-state index contributed by atoms with van der Waals surface area (Å²) in [5, 5.41) is 14.5. The highest BCUT2D eigenvalue weighted by Gasteiger charge is 2.11. The number of thiocarbonyl (C=S) groups is 1. The first-order valence-electron chi connectivity index (χ1n) is 7.58. The van der Waals surface area contributed by atoms with Gasteiger partial charge in [0.2, 0.25) is 0 Å². The molecule has 5 nitrogen and oxygen atoms in total. The first kappa shape index (κ1) is 18.9. The average Bonchev–Trinajstić information content (AvgIpc) is 2.60. The highest BCUT2D eigenvalue weighted by atomic mass is 79.9. The first-order chi connectivity index (χ1) is 12.0. The third kappa shape index (κ3) is 5.55. The Morgan fingerprint density at radius 3 is 2.80 bits per heavy atom. The van der Waals surface area contributed by atoms with Crippen LogP contribution >= 0.6 is 28.1 Å². The van der Waals surface area contributed by atoms with E-state index in [1.165, 1.54) is 0 Å². The normalized spacial score (nSPS) is 9.80. The second-order valence-electron chi connectivity index (χ2n) is 5.09. The van der Waals surface area contributed by atoms with Crippen LogP contribution in [0.5, 0.6) is 5.75 Å². The molecule has 0 aliphatic carbocycles. The summed E-state index contributed by atoms with van der Waals surface area (Å²) in [5.41, 5.74) is 1.59. The van der Waals surface area contributed by atoms with Crippen LogP contribution < -0.4 is 15.4 Å². The number of rotatable bonds is 5. The zero-order chi connectivity index (χ0) is 18.2. The van der Waals surface area contributed by atoms with Gasteiger partial charge in [-0.25, -0.2) is 0 Å². The molecule has 25 heavy (non-hydrogen) atoms. The molecule has 128 valence electrons. The molecule has 0 aliphatic heterocycles. The summed E-state index contributed by atoms with van der Waals surface area (Å²) in [6, 6.07) is 14.0. The molecule has 2 N–H and O–H groups in total. The van der Waals surface area contributed by atoms with E-state index in [9.17, 15) is 4.79 Å². The van der Waals surface area contributed by atoms with E-state index in [0.717, 1.165) is 6.42 Å². The van der Waals surface area contributed by atoms with Crippen LogP contribution in [0.1, 0.15) is 29.3 Å². The molecule has 0 aromatic heterocycles. The van der Waals surface area contributed by atoms with Gasteiger partial charge in [0, 0.05) is 11.3 Å². The van der Waals surface area contributed by atoms with Crippen LogP contribution in [0.4, 0.5) is 5.69 Å².